The van der Waals surface area contributed by atoms with Crippen molar-refractivity contribution in [3.8, 4) is 0 Å². The zero-order valence-corrected chi connectivity index (χ0v) is 9.66. The van der Waals surface area contributed by atoms with Crippen molar-refractivity contribution in [3.05, 3.63) is 23.3 Å². The SMILES string of the molecule is Cn1ncnc1Sc1cc(Br)ncn1. The molecule has 0 fully saturated rings. The Bertz CT molecular complexity index is 443. The molecular formula is C7H6BrN5S. The Labute approximate surface area is 93.1 Å². The van der Waals surface area contributed by atoms with E-state index in [1.54, 1.807) is 4.68 Å². The number of rotatable bonds is 2. The van der Waals surface area contributed by atoms with Gasteiger partial charge in [-0.15, -0.1) is 0 Å². The summed E-state index contributed by atoms with van der Waals surface area (Å²) >= 11 is 4.72. The molecule has 0 aromatic carbocycles. The molecule has 14 heavy (non-hydrogen) atoms. The summed E-state index contributed by atoms with van der Waals surface area (Å²) < 4.78 is 2.46. The predicted octanol–water partition coefficient (Wildman–Crippen LogP) is 1.52. The van der Waals surface area contributed by atoms with Crippen LogP contribution in [0.15, 0.2) is 33.5 Å². The Morgan fingerprint density at radius 3 is 2.79 bits per heavy atom. The van der Waals surface area contributed by atoms with E-state index in [-0.39, 0.29) is 0 Å². The van der Waals surface area contributed by atoms with Crippen molar-refractivity contribution in [2.45, 2.75) is 10.2 Å². The Kier molecular flexibility index (Phi) is 2.78. The standard InChI is InChI=1S/C7H6BrN5S/c1-13-7(11-4-12-13)14-6-2-5(8)9-3-10-6/h2-4H,1H3. The quantitative estimate of drug-likeness (QED) is 0.776. The summed E-state index contributed by atoms with van der Waals surface area (Å²) in [5.74, 6) is 0. The van der Waals surface area contributed by atoms with Crippen LogP contribution in [0.3, 0.4) is 0 Å². The highest BCUT2D eigenvalue weighted by Gasteiger charge is 2.04. The van der Waals surface area contributed by atoms with Crippen LogP contribution in [0.5, 0.6) is 0 Å². The second-order valence-corrected chi connectivity index (χ2v) is 4.25. The normalized spacial score (nSPS) is 10.4. The molecule has 0 bridgehead atoms. The van der Waals surface area contributed by atoms with Crippen LogP contribution in [0.4, 0.5) is 0 Å². The molecule has 0 saturated carbocycles. The topological polar surface area (TPSA) is 56.5 Å². The van der Waals surface area contributed by atoms with Gasteiger partial charge in [-0.2, -0.15) is 5.10 Å². The summed E-state index contributed by atoms with van der Waals surface area (Å²) in [6.45, 7) is 0. The Morgan fingerprint density at radius 2 is 2.14 bits per heavy atom. The average Bonchev–Trinajstić information content (AvgIpc) is 2.52. The van der Waals surface area contributed by atoms with E-state index in [1.807, 2.05) is 13.1 Å². The van der Waals surface area contributed by atoms with Crippen molar-refractivity contribution in [2.24, 2.45) is 7.05 Å². The van der Waals surface area contributed by atoms with Gasteiger partial charge < -0.3 is 0 Å². The summed E-state index contributed by atoms with van der Waals surface area (Å²) in [5.41, 5.74) is 0. The highest BCUT2D eigenvalue weighted by Crippen LogP contribution is 2.23. The number of aryl methyl sites for hydroxylation is 1. The lowest BCUT2D eigenvalue weighted by molar-refractivity contribution is 0.684. The van der Waals surface area contributed by atoms with Crippen LogP contribution >= 0.6 is 27.7 Å². The Hall–Kier alpha value is -0.950. The lowest BCUT2D eigenvalue weighted by Gasteiger charge is -1.98. The van der Waals surface area contributed by atoms with Crippen LogP contribution < -0.4 is 0 Å². The molecule has 2 rings (SSSR count). The molecule has 0 atom stereocenters. The fourth-order valence-corrected chi connectivity index (χ4v) is 2.04. The highest BCUT2D eigenvalue weighted by molar-refractivity contribution is 9.10. The molecule has 0 saturated heterocycles. The van der Waals surface area contributed by atoms with Gasteiger partial charge in [-0.1, -0.05) is 0 Å². The van der Waals surface area contributed by atoms with E-state index in [0.717, 1.165) is 14.8 Å². The average molecular weight is 272 g/mol. The van der Waals surface area contributed by atoms with E-state index >= 15 is 0 Å². The molecule has 72 valence electrons. The van der Waals surface area contributed by atoms with Crippen LogP contribution in [-0.4, -0.2) is 24.7 Å². The van der Waals surface area contributed by atoms with Gasteiger partial charge in [-0.05, 0) is 27.7 Å². The van der Waals surface area contributed by atoms with Crippen molar-refractivity contribution in [3.63, 3.8) is 0 Å². The fourth-order valence-electron chi connectivity index (χ4n) is 0.845. The summed E-state index contributed by atoms with van der Waals surface area (Å²) in [6, 6.07) is 1.83. The molecule has 2 aromatic rings. The van der Waals surface area contributed by atoms with Gasteiger partial charge in [0.2, 0.25) is 0 Å². The van der Waals surface area contributed by atoms with Crippen molar-refractivity contribution >= 4 is 27.7 Å². The minimum atomic E-state index is 0.761. The lowest BCUT2D eigenvalue weighted by Crippen LogP contribution is -1.93. The van der Waals surface area contributed by atoms with Crippen molar-refractivity contribution < 1.29 is 0 Å². The van der Waals surface area contributed by atoms with E-state index in [9.17, 15) is 0 Å². The predicted molar refractivity (Wildman–Crippen MR) is 54.9 cm³/mol. The van der Waals surface area contributed by atoms with Gasteiger partial charge in [0.25, 0.3) is 0 Å². The summed E-state index contributed by atoms with van der Waals surface area (Å²) in [6.07, 6.45) is 3.02. The smallest absolute Gasteiger partial charge is 0.192 e. The first-order valence-corrected chi connectivity index (χ1v) is 5.36. The second kappa shape index (κ2) is 4.05. The molecule has 0 aliphatic rings. The third-order valence-electron chi connectivity index (χ3n) is 1.47. The maximum atomic E-state index is 4.10. The van der Waals surface area contributed by atoms with Crippen molar-refractivity contribution in [1.82, 2.24) is 24.7 Å². The molecular weight excluding hydrogens is 266 g/mol. The van der Waals surface area contributed by atoms with E-state index in [4.69, 9.17) is 0 Å². The molecule has 7 heteroatoms. The van der Waals surface area contributed by atoms with Crippen LogP contribution in [0, 0.1) is 0 Å². The summed E-state index contributed by atoms with van der Waals surface area (Å²) in [5, 5.41) is 5.60. The number of aromatic nitrogens is 5. The molecule has 0 N–H and O–H groups in total. The molecule has 2 heterocycles. The van der Waals surface area contributed by atoms with Gasteiger partial charge in [0.1, 0.15) is 22.3 Å². The Balaban J connectivity index is 2.23. The Morgan fingerprint density at radius 1 is 1.29 bits per heavy atom. The van der Waals surface area contributed by atoms with E-state index in [1.165, 1.54) is 24.4 Å². The van der Waals surface area contributed by atoms with Gasteiger partial charge >= 0.3 is 0 Å². The zero-order chi connectivity index (χ0) is 9.97. The van der Waals surface area contributed by atoms with Gasteiger partial charge in [-0.25, -0.2) is 19.6 Å². The van der Waals surface area contributed by atoms with E-state index < -0.39 is 0 Å². The van der Waals surface area contributed by atoms with E-state index in [2.05, 4.69) is 36.0 Å². The van der Waals surface area contributed by atoms with Gasteiger partial charge in [0.15, 0.2) is 5.16 Å². The maximum Gasteiger partial charge on any atom is 0.192 e. The zero-order valence-electron chi connectivity index (χ0n) is 7.25. The number of nitrogens with zero attached hydrogens (tertiary/aromatic N) is 5. The third-order valence-corrected chi connectivity index (χ3v) is 2.89. The minimum absolute atomic E-state index is 0.761. The van der Waals surface area contributed by atoms with Crippen LogP contribution in [0.2, 0.25) is 0 Å². The summed E-state index contributed by atoms with van der Waals surface area (Å²) in [7, 11) is 1.84. The lowest BCUT2D eigenvalue weighted by atomic mass is 10.7. The monoisotopic (exact) mass is 271 g/mol. The highest BCUT2D eigenvalue weighted by atomic mass is 79.9. The number of hydrogen-bond acceptors (Lipinski definition) is 5. The summed E-state index contributed by atoms with van der Waals surface area (Å²) in [4.78, 5) is 12.1. The first-order chi connectivity index (χ1) is 6.75. The van der Waals surface area contributed by atoms with Crippen LogP contribution in [-0.2, 0) is 7.05 Å². The molecule has 0 radical (unpaired) electrons. The van der Waals surface area contributed by atoms with Gasteiger partial charge in [0.05, 0.1) is 0 Å². The van der Waals surface area contributed by atoms with Crippen molar-refractivity contribution in [2.75, 3.05) is 0 Å². The molecule has 2 aromatic heterocycles. The van der Waals surface area contributed by atoms with Crippen molar-refractivity contribution in [1.29, 1.82) is 0 Å². The number of hydrogen-bond donors (Lipinski definition) is 0. The van der Waals surface area contributed by atoms with Crippen LogP contribution in [0.25, 0.3) is 0 Å². The molecule has 0 unspecified atom stereocenters. The molecule has 0 spiro atoms. The first kappa shape index (κ1) is 9.60. The fraction of sp³-hybridized carbons (Fsp3) is 0.143. The molecule has 5 nitrogen and oxygen atoms in total. The number of halogens is 1. The maximum absolute atomic E-state index is 4.10. The van der Waals surface area contributed by atoms with Gasteiger partial charge in [0, 0.05) is 13.1 Å². The first-order valence-electron chi connectivity index (χ1n) is 3.75. The van der Waals surface area contributed by atoms with E-state index in [0.29, 0.717) is 0 Å². The molecule has 0 aliphatic carbocycles. The molecule has 0 amide bonds. The van der Waals surface area contributed by atoms with Gasteiger partial charge in [-0.3, -0.25) is 0 Å². The van der Waals surface area contributed by atoms with Crippen LogP contribution in [0.1, 0.15) is 0 Å². The third kappa shape index (κ3) is 2.10. The molecule has 0 aliphatic heterocycles. The minimum Gasteiger partial charge on any atom is -0.244 e. The second-order valence-electron chi connectivity index (χ2n) is 2.45. The largest absolute Gasteiger partial charge is 0.244 e.